The third kappa shape index (κ3) is 1.87. The molecule has 2 nitrogen and oxygen atoms in total. The zero-order valence-electron chi connectivity index (χ0n) is 8.01. The summed E-state index contributed by atoms with van der Waals surface area (Å²) in [5.41, 5.74) is 6.38. The molecule has 0 aromatic rings. The molecule has 1 aliphatic rings. The van der Waals surface area contributed by atoms with Gasteiger partial charge >= 0.3 is 0 Å². The molecule has 0 heterocycles. The van der Waals surface area contributed by atoms with Crippen molar-refractivity contribution in [1.82, 2.24) is 0 Å². The summed E-state index contributed by atoms with van der Waals surface area (Å²) in [6, 6.07) is -0.0899. The summed E-state index contributed by atoms with van der Waals surface area (Å²) in [6.45, 7) is 7.79. The molecule has 12 heavy (non-hydrogen) atoms. The number of nitrogens with two attached hydrogens (primary N) is 1. The van der Waals surface area contributed by atoms with E-state index in [9.17, 15) is 5.11 Å². The molecule has 0 spiro atoms. The molecule has 1 aliphatic carbocycles. The second-order valence-electron chi connectivity index (χ2n) is 4.28. The maximum absolute atomic E-state index is 9.79. The standard InChI is InChI=1S/C10H19NO/c1-7(2)8-4-5-10(3,12)9(11)6-8/h8-9,12H,1,4-6,11H2,2-3H3/t8-,9?,10-/m0/s1. The molecular formula is C10H19NO. The molecular weight excluding hydrogens is 150 g/mol. The van der Waals surface area contributed by atoms with Gasteiger partial charge in [0.05, 0.1) is 5.60 Å². The van der Waals surface area contributed by atoms with Crippen molar-refractivity contribution in [3.8, 4) is 0 Å². The van der Waals surface area contributed by atoms with Crippen LogP contribution < -0.4 is 5.73 Å². The second kappa shape index (κ2) is 3.19. The van der Waals surface area contributed by atoms with Gasteiger partial charge in [-0.3, -0.25) is 0 Å². The average molecular weight is 169 g/mol. The number of hydrogen-bond acceptors (Lipinski definition) is 2. The van der Waals surface area contributed by atoms with Gasteiger partial charge < -0.3 is 10.8 Å². The molecule has 0 amide bonds. The summed E-state index contributed by atoms with van der Waals surface area (Å²) in [6.07, 6.45) is 2.70. The van der Waals surface area contributed by atoms with E-state index in [0.29, 0.717) is 5.92 Å². The molecule has 2 heteroatoms. The Hall–Kier alpha value is -0.340. The Balaban J connectivity index is 2.58. The summed E-state index contributed by atoms with van der Waals surface area (Å²) in [5, 5.41) is 9.79. The van der Waals surface area contributed by atoms with Gasteiger partial charge in [0, 0.05) is 6.04 Å². The van der Waals surface area contributed by atoms with Crippen LogP contribution in [0.25, 0.3) is 0 Å². The lowest BCUT2D eigenvalue weighted by molar-refractivity contribution is -0.00644. The predicted molar refractivity (Wildman–Crippen MR) is 50.8 cm³/mol. The first-order valence-electron chi connectivity index (χ1n) is 4.57. The first kappa shape index (κ1) is 9.75. The first-order valence-corrected chi connectivity index (χ1v) is 4.57. The topological polar surface area (TPSA) is 46.2 Å². The molecule has 0 aliphatic heterocycles. The minimum atomic E-state index is -0.661. The Labute approximate surface area is 74.5 Å². The van der Waals surface area contributed by atoms with Crippen LogP contribution in [-0.4, -0.2) is 16.7 Å². The third-order valence-electron chi connectivity index (χ3n) is 3.03. The first-order chi connectivity index (χ1) is 5.43. The molecule has 3 atom stereocenters. The van der Waals surface area contributed by atoms with Gasteiger partial charge in [-0.05, 0) is 39.0 Å². The molecule has 70 valence electrons. The van der Waals surface area contributed by atoms with Crippen molar-refractivity contribution in [3.05, 3.63) is 12.2 Å². The van der Waals surface area contributed by atoms with Gasteiger partial charge in [-0.15, -0.1) is 0 Å². The van der Waals surface area contributed by atoms with E-state index in [-0.39, 0.29) is 6.04 Å². The summed E-state index contributed by atoms with van der Waals surface area (Å²) in [7, 11) is 0. The van der Waals surface area contributed by atoms with E-state index in [1.165, 1.54) is 5.57 Å². The van der Waals surface area contributed by atoms with E-state index < -0.39 is 5.60 Å². The molecule has 0 radical (unpaired) electrons. The molecule has 0 aromatic carbocycles. The quantitative estimate of drug-likeness (QED) is 0.583. The Morgan fingerprint density at radius 1 is 1.67 bits per heavy atom. The number of aliphatic hydroxyl groups is 1. The highest BCUT2D eigenvalue weighted by atomic mass is 16.3. The smallest absolute Gasteiger partial charge is 0.0770 e. The largest absolute Gasteiger partial charge is 0.389 e. The summed E-state index contributed by atoms with van der Waals surface area (Å²) >= 11 is 0. The fraction of sp³-hybridized carbons (Fsp3) is 0.800. The van der Waals surface area contributed by atoms with Crippen LogP contribution in [0.3, 0.4) is 0 Å². The molecule has 1 unspecified atom stereocenters. The zero-order valence-corrected chi connectivity index (χ0v) is 8.01. The maximum atomic E-state index is 9.79. The van der Waals surface area contributed by atoms with E-state index >= 15 is 0 Å². The Morgan fingerprint density at radius 2 is 2.25 bits per heavy atom. The van der Waals surface area contributed by atoms with Crippen LogP contribution in [0, 0.1) is 5.92 Å². The zero-order chi connectivity index (χ0) is 9.35. The highest BCUT2D eigenvalue weighted by Gasteiger charge is 2.35. The van der Waals surface area contributed by atoms with Crippen molar-refractivity contribution >= 4 is 0 Å². The van der Waals surface area contributed by atoms with E-state index in [2.05, 4.69) is 6.58 Å². The van der Waals surface area contributed by atoms with Crippen LogP contribution in [0.1, 0.15) is 33.1 Å². The van der Waals surface area contributed by atoms with Crippen LogP contribution in [0.5, 0.6) is 0 Å². The van der Waals surface area contributed by atoms with Gasteiger partial charge in [0.15, 0.2) is 0 Å². The van der Waals surface area contributed by atoms with Crippen molar-refractivity contribution < 1.29 is 5.11 Å². The SMILES string of the molecule is C=C(C)[C@H]1CC[C@](C)(O)C(N)C1. The van der Waals surface area contributed by atoms with Crippen molar-refractivity contribution in [3.63, 3.8) is 0 Å². The fourth-order valence-corrected chi connectivity index (χ4v) is 1.78. The van der Waals surface area contributed by atoms with Crippen LogP contribution in [0.15, 0.2) is 12.2 Å². The summed E-state index contributed by atoms with van der Waals surface area (Å²) in [4.78, 5) is 0. The molecule has 0 bridgehead atoms. The highest BCUT2D eigenvalue weighted by molar-refractivity contribution is 5.03. The highest BCUT2D eigenvalue weighted by Crippen LogP contribution is 2.33. The molecule has 0 saturated heterocycles. The maximum Gasteiger partial charge on any atom is 0.0770 e. The van der Waals surface area contributed by atoms with Crippen molar-refractivity contribution in [2.75, 3.05) is 0 Å². The van der Waals surface area contributed by atoms with Crippen LogP contribution >= 0.6 is 0 Å². The minimum Gasteiger partial charge on any atom is -0.389 e. The van der Waals surface area contributed by atoms with Crippen LogP contribution in [0.4, 0.5) is 0 Å². The van der Waals surface area contributed by atoms with E-state index in [1.54, 1.807) is 0 Å². The fourth-order valence-electron chi connectivity index (χ4n) is 1.78. The lowest BCUT2D eigenvalue weighted by Crippen LogP contribution is -2.50. The van der Waals surface area contributed by atoms with Gasteiger partial charge in [-0.1, -0.05) is 12.2 Å². The van der Waals surface area contributed by atoms with Gasteiger partial charge in [0.25, 0.3) is 0 Å². The lowest BCUT2D eigenvalue weighted by atomic mass is 9.74. The summed E-state index contributed by atoms with van der Waals surface area (Å²) in [5.74, 6) is 0.514. The van der Waals surface area contributed by atoms with E-state index in [0.717, 1.165) is 19.3 Å². The van der Waals surface area contributed by atoms with Gasteiger partial charge in [-0.25, -0.2) is 0 Å². The minimum absolute atomic E-state index is 0.0899. The molecule has 1 fully saturated rings. The van der Waals surface area contributed by atoms with E-state index in [4.69, 9.17) is 5.73 Å². The summed E-state index contributed by atoms with van der Waals surface area (Å²) < 4.78 is 0. The monoisotopic (exact) mass is 169 g/mol. The third-order valence-corrected chi connectivity index (χ3v) is 3.03. The average Bonchev–Trinajstić information content (AvgIpc) is 1.94. The van der Waals surface area contributed by atoms with Gasteiger partial charge in [0.1, 0.15) is 0 Å². The number of allylic oxidation sites excluding steroid dienone is 1. The van der Waals surface area contributed by atoms with Crippen LogP contribution in [0.2, 0.25) is 0 Å². The van der Waals surface area contributed by atoms with Crippen molar-refractivity contribution in [2.45, 2.75) is 44.8 Å². The van der Waals surface area contributed by atoms with Crippen molar-refractivity contribution in [2.24, 2.45) is 11.7 Å². The Kier molecular flexibility index (Phi) is 2.59. The Morgan fingerprint density at radius 3 is 2.67 bits per heavy atom. The van der Waals surface area contributed by atoms with E-state index in [1.807, 2.05) is 13.8 Å². The van der Waals surface area contributed by atoms with Crippen molar-refractivity contribution in [1.29, 1.82) is 0 Å². The number of rotatable bonds is 1. The molecule has 0 aromatic heterocycles. The number of hydrogen-bond donors (Lipinski definition) is 2. The predicted octanol–water partition coefficient (Wildman–Crippen LogP) is 1.44. The normalized spacial score (nSPS) is 42.7. The second-order valence-corrected chi connectivity index (χ2v) is 4.28. The Bertz CT molecular complexity index is 186. The van der Waals surface area contributed by atoms with Gasteiger partial charge in [-0.2, -0.15) is 0 Å². The molecule has 3 N–H and O–H groups in total. The van der Waals surface area contributed by atoms with Gasteiger partial charge in [0.2, 0.25) is 0 Å². The molecule has 1 rings (SSSR count). The van der Waals surface area contributed by atoms with Crippen LogP contribution in [-0.2, 0) is 0 Å². The lowest BCUT2D eigenvalue weighted by Gasteiger charge is -2.38. The molecule has 1 saturated carbocycles.